The van der Waals surface area contributed by atoms with Gasteiger partial charge in [-0.1, -0.05) is 0 Å². The molecule has 0 aliphatic heterocycles. The van der Waals surface area contributed by atoms with Gasteiger partial charge in [-0.3, -0.25) is 5.41 Å². The Hall–Kier alpha value is -2.02. The number of aromatic hydroxyl groups is 1. The molecule has 7 heteroatoms. The van der Waals surface area contributed by atoms with Gasteiger partial charge in [0.25, 0.3) is 0 Å². The number of carbonyl (C=O) groups excluding carboxylic acids is 1. The van der Waals surface area contributed by atoms with Crippen LogP contribution >= 0.6 is 11.8 Å². The number of carbonyl (C=O) groups is 1. The van der Waals surface area contributed by atoms with Gasteiger partial charge in [0, 0.05) is 11.6 Å². The Morgan fingerprint density at radius 2 is 2.05 bits per heavy atom. The first-order valence-corrected chi connectivity index (χ1v) is 6.42. The number of ether oxygens (including phenoxy) is 2. The van der Waals surface area contributed by atoms with Crippen molar-refractivity contribution in [1.29, 1.82) is 5.41 Å². The number of nitrogens with one attached hydrogen (secondary N) is 1. The predicted octanol–water partition coefficient (Wildman–Crippen LogP) is 2.30. The maximum absolute atomic E-state index is 11.1. The van der Waals surface area contributed by atoms with Gasteiger partial charge in [0.2, 0.25) is 0 Å². The number of hydrogen-bond acceptors (Lipinski definition) is 6. The molecule has 1 amide bonds. The molecule has 0 spiro atoms. The summed E-state index contributed by atoms with van der Waals surface area (Å²) in [6, 6.07) is 4.39. The molecule has 0 unspecified atom stereocenters. The highest BCUT2D eigenvalue weighted by molar-refractivity contribution is 8.15. The third-order valence-electron chi connectivity index (χ3n) is 2.19. The lowest BCUT2D eigenvalue weighted by atomic mass is 10.1. The Morgan fingerprint density at radius 1 is 1.37 bits per heavy atom. The van der Waals surface area contributed by atoms with E-state index in [-0.39, 0.29) is 16.5 Å². The van der Waals surface area contributed by atoms with Crippen molar-refractivity contribution < 1.29 is 19.4 Å². The molecular weight excluding hydrogens is 268 g/mol. The Balaban J connectivity index is 3.14. The van der Waals surface area contributed by atoms with Crippen molar-refractivity contribution in [3.05, 3.63) is 23.8 Å². The van der Waals surface area contributed by atoms with Gasteiger partial charge >= 0.3 is 6.09 Å². The molecule has 0 bridgehead atoms. The zero-order valence-electron chi connectivity index (χ0n) is 10.8. The number of thioether (sulfide) groups is 1. The molecule has 0 radical (unpaired) electrons. The van der Waals surface area contributed by atoms with Crippen LogP contribution in [0, 0.1) is 5.41 Å². The number of methoxy groups -OCH3 is 2. The van der Waals surface area contributed by atoms with E-state index in [0.29, 0.717) is 11.3 Å². The molecule has 19 heavy (non-hydrogen) atoms. The van der Waals surface area contributed by atoms with Crippen LogP contribution in [0.3, 0.4) is 0 Å². The lowest BCUT2D eigenvalue weighted by Crippen LogP contribution is -2.13. The van der Waals surface area contributed by atoms with E-state index >= 15 is 0 Å². The fourth-order valence-corrected chi connectivity index (χ4v) is 1.79. The largest absolute Gasteiger partial charge is 0.508 e. The summed E-state index contributed by atoms with van der Waals surface area (Å²) < 4.78 is 9.43. The van der Waals surface area contributed by atoms with Gasteiger partial charge in [-0.2, -0.15) is 4.99 Å². The summed E-state index contributed by atoms with van der Waals surface area (Å²) >= 11 is 1.14. The lowest BCUT2D eigenvalue weighted by Gasteiger charge is -2.08. The number of nitrogens with zero attached hydrogens (tertiary/aromatic N) is 1. The van der Waals surface area contributed by atoms with Crippen LogP contribution in [0.5, 0.6) is 11.5 Å². The van der Waals surface area contributed by atoms with Gasteiger partial charge in [-0.05, 0) is 18.4 Å². The van der Waals surface area contributed by atoms with Gasteiger partial charge in [0.05, 0.1) is 19.9 Å². The molecule has 0 fully saturated rings. The van der Waals surface area contributed by atoms with Crippen LogP contribution in [0.2, 0.25) is 0 Å². The van der Waals surface area contributed by atoms with Crippen molar-refractivity contribution in [3.63, 3.8) is 0 Å². The van der Waals surface area contributed by atoms with Crippen molar-refractivity contribution in [2.24, 2.45) is 4.99 Å². The Kier molecular flexibility index (Phi) is 5.37. The normalized spacial score (nSPS) is 11.0. The van der Waals surface area contributed by atoms with Crippen molar-refractivity contribution >= 4 is 28.6 Å². The maximum Gasteiger partial charge on any atom is 0.434 e. The van der Waals surface area contributed by atoms with Crippen molar-refractivity contribution in [3.8, 4) is 11.5 Å². The second-order valence-corrected chi connectivity index (χ2v) is 4.18. The van der Waals surface area contributed by atoms with E-state index in [1.54, 1.807) is 12.3 Å². The zero-order chi connectivity index (χ0) is 14.4. The van der Waals surface area contributed by atoms with E-state index in [0.717, 1.165) is 11.8 Å². The van der Waals surface area contributed by atoms with Crippen molar-refractivity contribution in [2.45, 2.75) is 0 Å². The highest BCUT2D eigenvalue weighted by atomic mass is 32.2. The lowest BCUT2D eigenvalue weighted by molar-refractivity contribution is 0.183. The summed E-state index contributed by atoms with van der Waals surface area (Å²) in [7, 11) is 2.67. The van der Waals surface area contributed by atoms with Gasteiger partial charge in [-0.25, -0.2) is 4.79 Å². The van der Waals surface area contributed by atoms with E-state index in [1.165, 1.54) is 26.4 Å². The molecule has 0 aliphatic carbocycles. The monoisotopic (exact) mass is 282 g/mol. The van der Waals surface area contributed by atoms with Gasteiger partial charge in [0.1, 0.15) is 16.5 Å². The number of benzene rings is 1. The smallest absolute Gasteiger partial charge is 0.434 e. The highest BCUT2D eigenvalue weighted by Crippen LogP contribution is 2.23. The third-order valence-corrected chi connectivity index (χ3v) is 2.87. The fourth-order valence-electron chi connectivity index (χ4n) is 1.30. The fraction of sp³-hybridized carbons (Fsp3) is 0.250. The van der Waals surface area contributed by atoms with E-state index in [4.69, 9.17) is 10.1 Å². The van der Waals surface area contributed by atoms with Crippen LogP contribution in [0.15, 0.2) is 23.2 Å². The van der Waals surface area contributed by atoms with Crippen LogP contribution in [0.4, 0.5) is 4.79 Å². The number of phenols is 1. The second-order valence-electron chi connectivity index (χ2n) is 3.39. The average molecular weight is 282 g/mol. The molecule has 0 aromatic heterocycles. The Labute approximate surface area is 115 Å². The first-order chi connectivity index (χ1) is 9.01. The SMILES string of the molecule is COC(=O)/N=C(\SC)C(=N)c1cc(O)cc(OC)c1. The van der Waals surface area contributed by atoms with Crippen LogP contribution in [-0.2, 0) is 4.74 Å². The second kappa shape index (κ2) is 6.79. The summed E-state index contributed by atoms with van der Waals surface area (Å²) in [6.45, 7) is 0. The summed E-state index contributed by atoms with van der Waals surface area (Å²) in [5.41, 5.74) is 0.404. The van der Waals surface area contributed by atoms with Gasteiger partial charge in [0.15, 0.2) is 0 Å². The average Bonchev–Trinajstić information content (AvgIpc) is 2.42. The van der Waals surface area contributed by atoms with Crippen molar-refractivity contribution in [2.75, 3.05) is 20.5 Å². The molecule has 1 aromatic carbocycles. The van der Waals surface area contributed by atoms with Gasteiger partial charge in [-0.15, -0.1) is 11.8 Å². The van der Waals surface area contributed by atoms with E-state index < -0.39 is 6.09 Å². The summed E-state index contributed by atoms with van der Waals surface area (Å²) in [4.78, 5) is 14.8. The third kappa shape index (κ3) is 3.99. The summed E-state index contributed by atoms with van der Waals surface area (Å²) in [5, 5.41) is 17.7. The van der Waals surface area contributed by atoms with Crippen molar-refractivity contribution in [1.82, 2.24) is 0 Å². The molecule has 0 saturated heterocycles. The summed E-state index contributed by atoms with van der Waals surface area (Å²) in [6.07, 6.45) is 0.914. The minimum Gasteiger partial charge on any atom is -0.508 e. The molecule has 6 nitrogen and oxygen atoms in total. The topological polar surface area (TPSA) is 92.0 Å². The van der Waals surface area contributed by atoms with Crippen LogP contribution in [-0.4, -0.2) is 42.4 Å². The first-order valence-electron chi connectivity index (χ1n) is 5.19. The quantitative estimate of drug-likeness (QED) is 0.655. The Morgan fingerprint density at radius 3 is 2.58 bits per heavy atom. The number of aliphatic imine (C=N–C) groups is 1. The molecule has 0 aliphatic rings. The molecule has 1 rings (SSSR count). The van der Waals surface area contributed by atoms with Crippen LogP contribution < -0.4 is 4.74 Å². The standard InChI is InChI=1S/C12H14N2O4S/c1-17-9-5-7(4-8(15)6-9)10(13)11(19-3)14-12(16)18-2/h4-6,13,15H,1-3H3/b13-10?,14-11-. The molecule has 0 heterocycles. The molecule has 102 valence electrons. The molecule has 0 saturated carbocycles. The van der Waals surface area contributed by atoms with Crippen LogP contribution in [0.25, 0.3) is 0 Å². The molecule has 0 atom stereocenters. The minimum atomic E-state index is -0.777. The number of hydrogen-bond donors (Lipinski definition) is 2. The highest BCUT2D eigenvalue weighted by Gasteiger charge is 2.13. The summed E-state index contributed by atoms with van der Waals surface area (Å²) in [5.74, 6) is 0.385. The van der Waals surface area contributed by atoms with E-state index in [9.17, 15) is 9.90 Å². The molecule has 2 N–H and O–H groups in total. The molecular formula is C12H14N2O4S. The number of amides is 1. The minimum absolute atomic E-state index is 0.00657. The van der Waals surface area contributed by atoms with Gasteiger partial charge < -0.3 is 14.6 Å². The number of rotatable bonds is 3. The first kappa shape index (κ1) is 15.0. The zero-order valence-corrected chi connectivity index (χ0v) is 11.6. The van der Waals surface area contributed by atoms with E-state index in [2.05, 4.69) is 9.73 Å². The van der Waals surface area contributed by atoms with E-state index in [1.807, 2.05) is 0 Å². The maximum atomic E-state index is 11.1. The Bertz CT molecular complexity index is 528. The predicted molar refractivity (Wildman–Crippen MR) is 74.8 cm³/mol. The molecule has 1 aromatic rings. The number of phenolic OH excluding ortho intramolecular Hbond substituents is 1. The van der Waals surface area contributed by atoms with Crippen LogP contribution in [0.1, 0.15) is 5.56 Å².